The van der Waals surface area contributed by atoms with E-state index in [4.69, 9.17) is 0 Å². The monoisotopic (exact) mass is 203 g/mol. The van der Waals surface area contributed by atoms with Crippen LogP contribution in [0.1, 0.15) is 24.2 Å². The van der Waals surface area contributed by atoms with Crippen LogP contribution in [0.15, 0.2) is 42.1 Å². The summed E-state index contributed by atoms with van der Waals surface area (Å²) in [5, 5.41) is 2.54. The fourth-order valence-electron chi connectivity index (χ4n) is 1.20. The highest BCUT2D eigenvalue weighted by Gasteiger charge is 2.02. The van der Waals surface area contributed by atoms with E-state index in [1.807, 2.05) is 6.07 Å². The van der Waals surface area contributed by atoms with Gasteiger partial charge in [0, 0.05) is 24.3 Å². The minimum atomic E-state index is -0.176. The molecule has 0 atom stereocenters. The van der Waals surface area contributed by atoms with Crippen LogP contribution in [0, 0.1) is 0 Å². The van der Waals surface area contributed by atoms with E-state index in [-0.39, 0.29) is 11.7 Å². The van der Waals surface area contributed by atoms with Crippen molar-refractivity contribution in [3.8, 4) is 0 Å². The Morgan fingerprint density at radius 1 is 1.13 bits per heavy atom. The molecule has 0 aromatic heterocycles. The molecular formula is C12H13NO2. The van der Waals surface area contributed by atoms with Gasteiger partial charge in [-0.1, -0.05) is 30.3 Å². The summed E-state index contributed by atoms with van der Waals surface area (Å²) in [6.45, 7) is 3.09. The Bertz CT molecular complexity index is 393. The molecular weight excluding hydrogens is 190 g/mol. The molecule has 1 N–H and O–H groups in total. The molecule has 0 aliphatic carbocycles. The van der Waals surface area contributed by atoms with E-state index < -0.39 is 0 Å². The van der Waals surface area contributed by atoms with E-state index in [9.17, 15) is 9.59 Å². The first-order valence-electron chi connectivity index (χ1n) is 4.65. The van der Waals surface area contributed by atoms with Gasteiger partial charge >= 0.3 is 0 Å². The molecule has 0 spiro atoms. The Hall–Kier alpha value is -1.90. The molecule has 1 rings (SSSR count). The molecule has 0 unspecified atom stereocenters. The average molecular weight is 203 g/mol. The van der Waals surface area contributed by atoms with E-state index in [0.717, 1.165) is 0 Å². The fourth-order valence-corrected chi connectivity index (χ4v) is 1.20. The van der Waals surface area contributed by atoms with Crippen LogP contribution in [-0.4, -0.2) is 11.7 Å². The van der Waals surface area contributed by atoms with E-state index in [0.29, 0.717) is 11.3 Å². The van der Waals surface area contributed by atoms with E-state index in [1.165, 1.54) is 13.0 Å². The SMILES string of the molecule is CC(=O)NC(C)=CC(=O)c1ccccc1. The van der Waals surface area contributed by atoms with Gasteiger partial charge in [-0.15, -0.1) is 0 Å². The number of rotatable bonds is 3. The summed E-state index contributed by atoms with van der Waals surface area (Å²) in [5.74, 6) is -0.286. The molecule has 1 amide bonds. The van der Waals surface area contributed by atoms with Crippen molar-refractivity contribution >= 4 is 11.7 Å². The summed E-state index contributed by atoms with van der Waals surface area (Å²) in [6, 6.07) is 8.92. The van der Waals surface area contributed by atoms with Gasteiger partial charge < -0.3 is 5.32 Å². The largest absolute Gasteiger partial charge is 0.330 e. The molecule has 0 heterocycles. The quantitative estimate of drug-likeness (QED) is 0.602. The van der Waals surface area contributed by atoms with E-state index in [1.54, 1.807) is 31.2 Å². The smallest absolute Gasteiger partial charge is 0.220 e. The standard InChI is InChI=1S/C12H13NO2/c1-9(13-10(2)14)8-12(15)11-6-4-3-5-7-11/h3-8H,1-2H3,(H,13,14). The number of allylic oxidation sites excluding steroid dienone is 2. The highest BCUT2D eigenvalue weighted by Crippen LogP contribution is 2.02. The van der Waals surface area contributed by atoms with Crippen molar-refractivity contribution < 1.29 is 9.59 Å². The minimum Gasteiger partial charge on any atom is -0.330 e. The molecule has 15 heavy (non-hydrogen) atoms. The number of nitrogens with one attached hydrogen (secondary N) is 1. The summed E-state index contributed by atoms with van der Waals surface area (Å²) in [5.41, 5.74) is 1.17. The summed E-state index contributed by atoms with van der Waals surface area (Å²) in [4.78, 5) is 22.3. The number of hydrogen-bond donors (Lipinski definition) is 1. The lowest BCUT2D eigenvalue weighted by Crippen LogP contribution is -2.18. The fraction of sp³-hybridized carbons (Fsp3) is 0.167. The highest BCUT2D eigenvalue weighted by atomic mass is 16.1. The third-order valence-corrected chi connectivity index (χ3v) is 1.78. The number of carbonyl (C=O) groups is 2. The lowest BCUT2D eigenvalue weighted by atomic mass is 10.1. The molecule has 0 aliphatic rings. The first kappa shape index (κ1) is 11.2. The van der Waals surface area contributed by atoms with Crippen LogP contribution in [0.4, 0.5) is 0 Å². The Morgan fingerprint density at radius 3 is 2.27 bits per heavy atom. The van der Waals surface area contributed by atoms with Crippen molar-refractivity contribution in [2.45, 2.75) is 13.8 Å². The summed E-state index contributed by atoms with van der Waals surface area (Å²) < 4.78 is 0. The second-order valence-electron chi connectivity index (χ2n) is 3.24. The third-order valence-electron chi connectivity index (χ3n) is 1.78. The van der Waals surface area contributed by atoms with Gasteiger partial charge in [0.2, 0.25) is 5.91 Å². The maximum absolute atomic E-state index is 11.6. The van der Waals surface area contributed by atoms with Crippen LogP contribution in [0.2, 0.25) is 0 Å². The predicted molar refractivity (Wildman–Crippen MR) is 58.3 cm³/mol. The van der Waals surface area contributed by atoms with Crippen LogP contribution in [0.3, 0.4) is 0 Å². The average Bonchev–Trinajstić information content (AvgIpc) is 2.17. The maximum Gasteiger partial charge on any atom is 0.220 e. The molecule has 3 nitrogen and oxygen atoms in total. The van der Waals surface area contributed by atoms with Crippen molar-refractivity contribution in [1.82, 2.24) is 5.32 Å². The van der Waals surface area contributed by atoms with Gasteiger partial charge in [0.25, 0.3) is 0 Å². The first-order chi connectivity index (χ1) is 7.09. The van der Waals surface area contributed by atoms with E-state index in [2.05, 4.69) is 5.32 Å². The molecule has 3 heteroatoms. The number of ketones is 1. The molecule has 0 aliphatic heterocycles. The van der Waals surface area contributed by atoms with Crippen molar-refractivity contribution in [2.75, 3.05) is 0 Å². The zero-order chi connectivity index (χ0) is 11.3. The van der Waals surface area contributed by atoms with Gasteiger partial charge in [-0.2, -0.15) is 0 Å². The Kier molecular flexibility index (Phi) is 3.80. The van der Waals surface area contributed by atoms with Gasteiger partial charge in [-0.05, 0) is 6.92 Å². The second-order valence-corrected chi connectivity index (χ2v) is 3.24. The van der Waals surface area contributed by atoms with Crippen LogP contribution in [-0.2, 0) is 4.79 Å². The van der Waals surface area contributed by atoms with Crippen LogP contribution in [0.5, 0.6) is 0 Å². The van der Waals surface area contributed by atoms with Crippen molar-refractivity contribution in [3.05, 3.63) is 47.7 Å². The third kappa shape index (κ3) is 3.77. The Balaban J connectivity index is 2.75. The summed E-state index contributed by atoms with van der Waals surface area (Å²) in [6.07, 6.45) is 1.41. The number of benzene rings is 1. The number of hydrogen-bond acceptors (Lipinski definition) is 2. The van der Waals surface area contributed by atoms with Crippen LogP contribution >= 0.6 is 0 Å². The number of amides is 1. The molecule has 0 radical (unpaired) electrons. The minimum absolute atomic E-state index is 0.109. The molecule has 0 saturated carbocycles. The Labute approximate surface area is 88.8 Å². The van der Waals surface area contributed by atoms with Crippen LogP contribution < -0.4 is 5.32 Å². The molecule has 1 aromatic rings. The highest BCUT2D eigenvalue weighted by molar-refractivity contribution is 6.05. The van der Waals surface area contributed by atoms with Gasteiger partial charge in [-0.25, -0.2) is 0 Å². The van der Waals surface area contributed by atoms with Crippen LogP contribution in [0.25, 0.3) is 0 Å². The zero-order valence-corrected chi connectivity index (χ0v) is 8.78. The molecule has 1 aromatic carbocycles. The Morgan fingerprint density at radius 2 is 1.73 bits per heavy atom. The zero-order valence-electron chi connectivity index (χ0n) is 8.78. The normalized spacial score (nSPS) is 10.9. The van der Waals surface area contributed by atoms with Gasteiger partial charge in [0.15, 0.2) is 5.78 Å². The summed E-state index contributed by atoms with van der Waals surface area (Å²) in [7, 11) is 0. The topological polar surface area (TPSA) is 46.2 Å². The molecule has 0 fully saturated rings. The molecule has 0 bridgehead atoms. The van der Waals surface area contributed by atoms with Crippen molar-refractivity contribution in [1.29, 1.82) is 0 Å². The number of carbonyl (C=O) groups excluding carboxylic acids is 2. The molecule has 0 saturated heterocycles. The first-order valence-corrected chi connectivity index (χ1v) is 4.65. The van der Waals surface area contributed by atoms with Gasteiger partial charge in [0.1, 0.15) is 0 Å². The van der Waals surface area contributed by atoms with Gasteiger partial charge in [-0.3, -0.25) is 9.59 Å². The van der Waals surface area contributed by atoms with Crippen molar-refractivity contribution in [2.24, 2.45) is 0 Å². The second kappa shape index (κ2) is 5.10. The van der Waals surface area contributed by atoms with Crippen molar-refractivity contribution in [3.63, 3.8) is 0 Å². The summed E-state index contributed by atoms with van der Waals surface area (Å²) >= 11 is 0. The van der Waals surface area contributed by atoms with Gasteiger partial charge in [0.05, 0.1) is 0 Å². The molecule has 78 valence electrons. The predicted octanol–water partition coefficient (Wildman–Crippen LogP) is 1.91. The van der Waals surface area contributed by atoms with E-state index >= 15 is 0 Å². The lowest BCUT2D eigenvalue weighted by Gasteiger charge is -2.00. The lowest BCUT2D eigenvalue weighted by molar-refractivity contribution is -0.118. The maximum atomic E-state index is 11.6.